The number of carbonyl (C=O) groups excluding carboxylic acids is 3. The van der Waals surface area contributed by atoms with Gasteiger partial charge in [-0.05, 0) is 23.6 Å². The summed E-state index contributed by atoms with van der Waals surface area (Å²) >= 11 is 0. The van der Waals surface area contributed by atoms with Crippen LogP contribution in [-0.4, -0.2) is 54.9 Å². The van der Waals surface area contributed by atoms with Gasteiger partial charge >= 0.3 is 0 Å². The lowest BCUT2D eigenvalue weighted by atomic mass is 10.0. The Bertz CT molecular complexity index is 1050. The molecule has 1 fully saturated rings. The van der Waals surface area contributed by atoms with Gasteiger partial charge in [-0.2, -0.15) is 0 Å². The number of piperidine rings is 1. The highest BCUT2D eigenvalue weighted by molar-refractivity contribution is 6.05. The number of imide groups is 1. The average Bonchev–Trinajstić information content (AvgIpc) is 3.29. The highest BCUT2D eigenvalue weighted by Gasteiger charge is 2.39. The molecule has 3 aliphatic rings. The monoisotopic (exact) mass is 409 g/mol. The minimum absolute atomic E-state index is 0.146. The van der Waals surface area contributed by atoms with E-state index < -0.39 is 6.04 Å². The molecule has 156 valence electrons. The zero-order valence-electron chi connectivity index (χ0n) is 16.5. The van der Waals surface area contributed by atoms with Gasteiger partial charge in [0.05, 0.1) is 13.1 Å². The average molecular weight is 409 g/mol. The number of amides is 3. The first kappa shape index (κ1) is 18.9. The van der Waals surface area contributed by atoms with Crippen molar-refractivity contribution in [2.75, 3.05) is 6.54 Å². The number of benzene rings is 1. The van der Waals surface area contributed by atoms with E-state index in [2.05, 4.69) is 25.0 Å². The minimum Gasteiger partial charge on any atom is -0.324 e. The summed E-state index contributed by atoms with van der Waals surface area (Å²) in [7, 11) is 0. The molecule has 3 N–H and O–H groups in total. The van der Waals surface area contributed by atoms with Gasteiger partial charge in [0.1, 0.15) is 17.7 Å². The molecular weight excluding hydrogens is 386 g/mol. The van der Waals surface area contributed by atoms with Gasteiger partial charge in [0.25, 0.3) is 5.91 Å². The maximum atomic E-state index is 13.0. The first-order valence-corrected chi connectivity index (χ1v) is 10.1. The van der Waals surface area contributed by atoms with E-state index >= 15 is 0 Å². The van der Waals surface area contributed by atoms with Gasteiger partial charge in [0.2, 0.25) is 11.8 Å². The standard InChI is InChI=1S/C20H23N7O3/c21-8-16-23-24-17-11-25(6-7-26(16)17)9-12-2-1-3-13-14(12)10-27(20(13)30)15-4-5-18(28)22-19(15)29/h1-3,15H,4-11,21H2,(H,22,28,29). The van der Waals surface area contributed by atoms with Crippen LogP contribution in [0.5, 0.6) is 0 Å². The second-order valence-electron chi connectivity index (χ2n) is 7.94. The lowest BCUT2D eigenvalue weighted by Gasteiger charge is -2.30. The molecule has 0 bridgehead atoms. The third-order valence-electron chi connectivity index (χ3n) is 6.16. The molecule has 10 heteroatoms. The van der Waals surface area contributed by atoms with Gasteiger partial charge in [-0.15, -0.1) is 10.2 Å². The molecule has 1 aromatic carbocycles. The normalized spacial score (nSPS) is 21.6. The minimum atomic E-state index is -0.598. The van der Waals surface area contributed by atoms with Crippen LogP contribution in [0.25, 0.3) is 0 Å². The molecule has 1 aromatic heterocycles. The topological polar surface area (TPSA) is 126 Å². The van der Waals surface area contributed by atoms with Crippen molar-refractivity contribution in [3.05, 3.63) is 46.5 Å². The van der Waals surface area contributed by atoms with E-state index in [1.807, 2.05) is 18.2 Å². The molecule has 1 saturated heterocycles. The molecule has 5 rings (SSSR count). The van der Waals surface area contributed by atoms with Gasteiger partial charge in [0, 0.05) is 38.2 Å². The summed E-state index contributed by atoms with van der Waals surface area (Å²) in [6.07, 6.45) is 0.619. The van der Waals surface area contributed by atoms with E-state index in [-0.39, 0.29) is 24.1 Å². The molecular formula is C20H23N7O3. The quantitative estimate of drug-likeness (QED) is 0.653. The zero-order chi connectivity index (χ0) is 20.8. The number of hydrogen-bond acceptors (Lipinski definition) is 7. The van der Waals surface area contributed by atoms with Crippen molar-refractivity contribution in [1.82, 2.24) is 29.9 Å². The Balaban J connectivity index is 1.35. The fourth-order valence-electron chi connectivity index (χ4n) is 4.59. The zero-order valence-corrected chi connectivity index (χ0v) is 16.5. The molecule has 2 aromatic rings. The molecule has 3 aliphatic heterocycles. The maximum Gasteiger partial charge on any atom is 0.255 e. The summed E-state index contributed by atoms with van der Waals surface area (Å²) in [6.45, 7) is 3.74. The molecule has 0 aliphatic carbocycles. The van der Waals surface area contributed by atoms with E-state index in [4.69, 9.17) is 5.73 Å². The van der Waals surface area contributed by atoms with Crippen molar-refractivity contribution < 1.29 is 14.4 Å². The first-order valence-electron chi connectivity index (χ1n) is 10.1. The molecule has 4 heterocycles. The van der Waals surface area contributed by atoms with E-state index in [9.17, 15) is 14.4 Å². The molecule has 3 amide bonds. The van der Waals surface area contributed by atoms with E-state index in [1.54, 1.807) is 4.90 Å². The summed E-state index contributed by atoms with van der Waals surface area (Å²) in [5, 5.41) is 10.7. The number of nitrogens with one attached hydrogen (secondary N) is 1. The van der Waals surface area contributed by atoms with Gasteiger partial charge in [-0.1, -0.05) is 12.1 Å². The number of nitrogens with two attached hydrogens (primary N) is 1. The van der Waals surface area contributed by atoms with Gasteiger partial charge in [-0.3, -0.25) is 24.6 Å². The number of fused-ring (bicyclic) bond motifs is 2. The van der Waals surface area contributed by atoms with Crippen molar-refractivity contribution in [1.29, 1.82) is 0 Å². The second kappa shape index (κ2) is 7.29. The summed E-state index contributed by atoms with van der Waals surface area (Å²) in [5.41, 5.74) is 8.40. The van der Waals surface area contributed by atoms with Crippen molar-refractivity contribution >= 4 is 17.7 Å². The van der Waals surface area contributed by atoms with Gasteiger partial charge in [-0.25, -0.2) is 0 Å². The molecule has 1 atom stereocenters. The van der Waals surface area contributed by atoms with Crippen LogP contribution in [0.15, 0.2) is 18.2 Å². The van der Waals surface area contributed by atoms with E-state index in [0.29, 0.717) is 38.2 Å². The fourth-order valence-corrected chi connectivity index (χ4v) is 4.59. The number of hydrogen-bond donors (Lipinski definition) is 2. The van der Waals surface area contributed by atoms with Gasteiger partial charge < -0.3 is 15.2 Å². The molecule has 30 heavy (non-hydrogen) atoms. The van der Waals surface area contributed by atoms with Crippen LogP contribution in [0.2, 0.25) is 0 Å². The van der Waals surface area contributed by atoms with Crippen LogP contribution < -0.4 is 11.1 Å². The maximum absolute atomic E-state index is 13.0. The molecule has 0 saturated carbocycles. The van der Waals surface area contributed by atoms with Crippen LogP contribution >= 0.6 is 0 Å². The highest BCUT2D eigenvalue weighted by atomic mass is 16.2. The summed E-state index contributed by atoms with van der Waals surface area (Å²) in [6, 6.07) is 5.13. The number of rotatable bonds is 4. The number of nitrogens with zero attached hydrogens (tertiary/aromatic N) is 5. The first-order chi connectivity index (χ1) is 14.5. The van der Waals surface area contributed by atoms with Crippen LogP contribution in [0.3, 0.4) is 0 Å². The lowest BCUT2D eigenvalue weighted by molar-refractivity contribution is -0.136. The van der Waals surface area contributed by atoms with Crippen LogP contribution in [-0.2, 0) is 42.3 Å². The largest absolute Gasteiger partial charge is 0.324 e. The lowest BCUT2D eigenvalue weighted by Crippen LogP contribution is -2.52. The Kier molecular flexibility index (Phi) is 4.59. The molecule has 0 radical (unpaired) electrons. The predicted octanol–water partition coefficient (Wildman–Crippen LogP) is -0.486. The number of aromatic nitrogens is 3. The fraction of sp³-hybridized carbons (Fsp3) is 0.450. The second-order valence-corrected chi connectivity index (χ2v) is 7.94. The van der Waals surface area contributed by atoms with Crippen LogP contribution in [0.1, 0.15) is 46.0 Å². The molecule has 1 unspecified atom stereocenters. The number of carbonyl (C=O) groups is 3. The summed E-state index contributed by atoms with van der Waals surface area (Å²) in [4.78, 5) is 40.6. The Hall–Kier alpha value is -3.11. The Morgan fingerprint density at radius 2 is 2.00 bits per heavy atom. The van der Waals surface area contributed by atoms with Crippen molar-refractivity contribution in [2.45, 2.75) is 51.6 Å². The summed E-state index contributed by atoms with van der Waals surface area (Å²) in [5.74, 6) is 0.885. The Labute approximate surface area is 173 Å². The Morgan fingerprint density at radius 1 is 1.13 bits per heavy atom. The smallest absolute Gasteiger partial charge is 0.255 e. The SMILES string of the molecule is NCc1nnc2n1CCN(Cc1cccc3c1CN(C1CCC(=O)NC1=O)C3=O)C2. The van der Waals surface area contributed by atoms with Gasteiger partial charge in [0.15, 0.2) is 0 Å². The third-order valence-corrected chi connectivity index (χ3v) is 6.16. The van der Waals surface area contributed by atoms with E-state index in [1.165, 1.54) is 0 Å². The highest BCUT2D eigenvalue weighted by Crippen LogP contribution is 2.31. The van der Waals surface area contributed by atoms with Crippen LogP contribution in [0.4, 0.5) is 0 Å². The van der Waals surface area contributed by atoms with Crippen LogP contribution in [0, 0.1) is 0 Å². The van der Waals surface area contributed by atoms with Crippen molar-refractivity contribution in [2.24, 2.45) is 5.73 Å². The third kappa shape index (κ3) is 3.08. The Morgan fingerprint density at radius 3 is 2.80 bits per heavy atom. The molecule has 0 spiro atoms. The predicted molar refractivity (Wildman–Crippen MR) is 105 cm³/mol. The van der Waals surface area contributed by atoms with Crippen molar-refractivity contribution in [3.8, 4) is 0 Å². The van der Waals surface area contributed by atoms with E-state index in [0.717, 1.165) is 35.9 Å². The van der Waals surface area contributed by atoms with Crippen molar-refractivity contribution in [3.63, 3.8) is 0 Å². The molecule has 10 nitrogen and oxygen atoms in total. The summed E-state index contributed by atoms with van der Waals surface area (Å²) < 4.78 is 2.07.